The average Bonchev–Trinajstić information content (AvgIpc) is 4.13. The second-order valence-electron chi connectivity index (χ2n) is 19.2. The van der Waals surface area contributed by atoms with Crippen molar-refractivity contribution in [1.82, 2.24) is 30.1 Å². The lowest BCUT2D eigenvalue weighted by Gasteiger charge is -2.38. The maximum atomic E-state index is 14.8. The van der Waals surface area contributed by atoms with Crippen molar-refractivity contribution in [2.24, 2.45) is 17.3 Å². The van der Waals surface area contributed by atoms with Crippen LogP contribution in [0.1, 0.15) is 90.5 Å². The summed E-state index contributed by atoms with van der Waals surface area (Å²) in [6.45, 7) is 9.29. The van der Waals surface area contributed by atoms with Crippen molar-refractivity contribution < 1.29 is 50.6 Å². The molecule has 15 nitrogen and oxygen atoms in total. The lowest BCUT2D eigenvalue weighted by atomic mass is 9.85. The first-order chi connectivity index (χ1) is 29.4. The number of nitrogens with one attached hydrogen (secondary N) is 3. The molecule has 1 aromatic heterocycles. The van der Waals surface area contributed by atoms with Gasteiger partial charge in [-0.2, -0.15) is 0 Å². The molecule has 3 aliphatic heterocycles. The maximum absolute atomic E-state index is 14.8. The van der Waals surface area contributed by atoms with Crippen molar-refractivity contribution in [3.8, 4) is 11.6 Å². The molecule has 5 fully saturated rings. The first-order valence-electron chi connectivity index (χ1n) is 22.0. The third kappa shape index (κ3) is 9.50. The predicted octanol–water partition coefficient (Wildman–Crippen LogP) is 4.62. The largest absolute Gasteiger partial charge is 0.492 e. The zero-order valence-electron chi connectivity index (χ0n) is 35.6. The summed E-state index contributed by atoms with van der Waals surface area (Å²) in [5.74, 6) is -4.26. The molecule has 1 aromatic carbocycles. The number of para-hydroxylation sites is 1. The van der Waals surface area contributed by atoms with Gasteiger partial charge in [-0.3, -0.25) is 24.0 Å². The highest BCUT2D eigenvalue weighted by Crippen LogP contribution is 2.46. The number of hydrogen-bond acceptors (Lipinski definition) is 11. The van der Waals surface area contributed by atoms with E-state index in [2.05, 4.69) is 21.9 Å². The van der Waals surface area contributed by atoms with Crippen LogP contribution in [0.15, 0.2) is 36.9 Å². The van der Waals surface area contributed by atoms with E-state index in [-0.39, 0.29) is 57.0 Å². The van der Waals surface area contributed by atoms with Gasteiger partial charge in [-0.1, -0.05) is 51.8 Å². The van der Waals surface area contributed by atoms with Gasteiger partial charge in [-0.25, -0.2) is 27.0 Å². The number of carbonyl (C=O) groups excluding carboxylic acids is 4. The maximum Gasteiger partial charge on any atom is 0.408 e. The van der Waals surface area contributed by atoms with Gasteiger partial charge in [0.2, 0.25) is 27.7 Å². The number of ether oxygens (including phenoxy) is 3. The molecule has 62 heavy (non-hydrogen) atoms. The van der Waals surface area contributed by atoms with Gasteiger partial charge in [0.25, 0.3) is 11.8 Å². The van der Waals surface area contributed by atoms with Crippen molar-refractivity contribution in [2.75, 3.05) is 32.8 Å². The highest BCUT2D eigenvalue weighted by atomic mass is 32.2. The zero-order chi connectivity index (χ0) is 44.2. The fraction of sp³-hybridized carbons (Fsp3) is 0.659. The molecule has 4 amide bonds. The van der Waals surface area contributed by atoms with Crippen molar-refractivity contribution in [2.45, 2.75) is 132 Å². The quantitative estimate of drug-likeness (QED) is 0.211. The molecule has 8 rings (SSSR count). The number of aromatic nitrogens is 1. The molecular weight excluding hydrogens is 827 g/mol. The topological polar surface area (TPSA) is 186 Å². The van der Waals surface area contributed by atoms with Crippen LogP contribution in [0.5, 0.6) is 11.6 Å². The molecule has 2 aromatic rings. The summed E-state index contributed by atoms with van der Waals surface area (Å²) in [6.07, 6.45) is 5.85. The van der Waals surface area contributed by atoms with Gasteiger partial charge in [0.1, 0.15) is 35.6 Å². The molecule has 0 radical (unpaired) electrons. The number of fused-ring (bicyclic) bond motifs is 5. The Morgan fingerprint density at radius 3 is 2.53 bits per heavy atom. The van der Waals surface area contributed by atoms with E-state index < -0.39 is 80.1 Å². The summed E-state index contributed by atoms with van der Waals surface area (Å²) in [7, 11) is -3.94. The number of alkyl carbamates (subject to hydrolysis) is 1. The molecule has 3 aliphatic carbocycles. The van der Waals surface area contributed by atoms with E-state index in [1.165, 1.54) is 11.0 Å². The molecule has 18 heteroatoms. The lowest BCUT2D eigenvalue weighted by Crippen LogP contribution is -2.60. The number of likely N-dealkylation sites (tertiary alicyclic amines) is 1. The second-order valence-corrected chi connectivity index (χ2v) is 21.1. The Morgan fingerprint density at radius 2 is 1.84 bits per heavy atom. The van der Waals surface area contributed by atoms with Gasteiger partial charge in [-0.15, -0.1) is 6.58 Å². The van der Waals surface area contributed by atoms with E-state index in [0.717, 1.165) is 43.1 Å². The molecule has 2 bridgehead atoms. The molecule has 7 atom stereocenters. The van der Waals surface area contributed by atoms with Crippen molar-refractivity contribution in [3.63, 3.8) is 0 Å². The van der Waals surface area contributed by atoms with Crippen LogP contribution in [0.4, 0.5) is 13.6 Å². The number of sulfonamides is 1. The van der Waals surface area contributed by atoms with Crippen LogP contribution in [-0.2, 0) is 35.6 Å². The van der Waals surface area contributed by atoms with Crippen molar-refractivity contribution in [1.29, 1.82) is 0 Å². The Kier molecular flexibility index (Phi) is 12.0. The minimum Gasteiger partial charge on any atom is -0.492 e. The molecule has 6 aliphatic rings. The van der Waals surface area contributed by atoms with Gasteiger partial charge in [0.05, 0.1) is 42.6 Å². The van der Waals surface area contributed by atoms with Gasteiger partial charge >= 0.3 is 6.09 Å². The SMILES string of the molecule is C=C[C@@H]1C[C@]1(NC(=O)[C@@H]1C[C@@H]2CN1C(=O)[C@H](C(C)(C)C)NC(=O)O[C@@H]1C[C@H]1CCCCCc1c(nc3ccccc3c1OCCCN1CC(F)(F)C1)O2)C(=O)NS(=O)(=O)C1CC1. The molecule has 3 N–H and O–H groups in total. The number of halogens is 2. The third-order valence-electron chi connectivity index (χ3n) is 13.0. The fourth-order valence-electron chi connectivity index (χ4n) is 9.12. The fourth-order valence-corrected chi connectivity index (χ4v) is 10.5. The summed E-state index contributed by atoms with van der Waals surface area (Å²) in [5, 5.41) is 5.71. The van der Waals surface area contributed by atoms with E-state index in [1.54, 1.807) is 25.7 Å². The Hall–Kier alpha value is -4.58. The van der Waals surface area contributed by atoms with E-state index in [0.29, 0.717) is 43.5 Å². The van der Waals surface area contributed by atoms with Crippen molar-refractivity contribution >= 4 is 44.7 Å². The number of nitrogens with zero attached hydrogens (tertiary/aromatic N) is 3. The molecule has 2 saturated heterocycles. The zero-order valence-corrected chi connectivity index (χ0v) is 36.4. The molecule has 0 unspecified atom stereocenters. The first kappa shape index (κ1) is 44.0. The molecular formula is C44H58F2N6O9S. The van der Waals surface area contributed by atoms with E-state index in [9.17, 15) is 36.4 Å². The molecule has 3 saturated carbocycles. The molecule has 0 spiro atoms. The summed E-state index contributed by atoms with van der Waals surface area (Å²) in [6, 6.07) is 5.17. The van der Waals surface area contributed by atoms with Gasteiger partial charge in [0.15, 0.2) is 0 Å². The average molecular weight is 885 g/mol. The summed E-state index contributed by atoms with van der Waals surface area (Å²) < 4.78 is 73.9. The standard InChI is InChI=1S/C44H58F2N6O9S/c1-5-27-22-44(27,40(55)50-62(57,58)29-16-17-29)49-37(53)33-21-28-23-52(33)39(54)36(42(2,3)4)48-41(56)61-34-20-26(34)12-7-6-8-14-31-35(59-19-11-18-51-24-43(45,46)25-51)30-13-9-10-15-32(30)47-38(31)60-28/h5,9-10,13,15,26-29,33-34,36H,1,6-8,11-12,14,16-25H2,2-4H3,(H,48,56)(H,49,53)(H,50,55)/t26-,27-,28-,33+,34-,36-,44-/m1/s1. The van der Waals surface area contributed by atoms with Crippen LogP contribution in [0, 0.1) is 17.3 Å². The minimum atomic E-state index is -3.94. The van der Waals surface area contributed by atoms with E-state index in [4.69, 9.17) is 19.2 Å². The number of rotatable bonds is 11. The van der Waals surface area contributed by atoms with E-state index >= 15 is 0 Å². The highest BCUT2D eigenvalue weighted by molar-refractivity contribution is 7.91. The molecule has 4 heterocycles. The van der Waals surface area contributed by atoms with Crippen LogP contribution in [-0.4, -0.2) is 121 Å². The Bertz CT molecular complexity index is 2210. The Labute approximate surface area is 361 Å². The third-order valence-corrected chi connectivity index (χ3v) is 14.9. The van der Waals surface area contributed by atoms with E-state index in [1.807, 2.05) is 24.3 Å². The number of alkyl halides is 2. The summed E-state index contributed by atoms with van der Waals surface area (Å²) >= 11 is 0. The monoisotopic (exact) mass is 884 g/mol. The highest BCUT2D eigenvalue weighted by Gasteiger charge is 2.62. The Morgan fingerprint density at radius 1 is 1.08 bits per heavy atom. The normalized spacial score (nSPS) is 30.2. The van der Waals surface area contributed by atoms with Crippen LogP contribution >= 0.6 is 0 Å². The number of benzene rings is 1. The van der Waals surface area contributed by atoms with Crippen LogP contribution in [0.3, 0.4) is 0 Å². The van der Waals surface area contributed by atoms with Gasteiger partial charge in [-0.05, 0) is 74.8 Å². The van der Waals surface area contributed by atoms with Crippen LogP contribution in [0.25, 0.3) is 10.9 Å². The smallest absolute Gasteiger partial charge is 0.408 e. The molecule has 338 valence electrons. The number of pyridine rings is 1. The summed E-state index contributed by atoms with van der Waals surface area (Å²) in [4.78, 5) is 64.4. The first-order valence-corrected chi connectivity index (χ1v) is 23.5. The second kappa shape index (κ2) is 16.8. The number of amides is 4. The van der Waals surface area contributed by atoms with Gasteiger partial charge in [0, 0.05) is 24.3 Å². The predicted molar refractivity (Wildman–Crippen MR) is 224 cm³/mol. The number of carbonyl (C=O) groups is 4. The lowest BCUT2D eigenvalue weighted by molar-refractivity contribution is -0.142. The van der Waals surface area contributed by atoms with Crippen LogP contribution in [0.2, 0.25) is 0 Å². The van der Waals surface area contributed by atoms with Gasteiger partial charge < -0.3 is 29.7 Å². The minimum absolute atomic E-state index is 0.0237. The summed E-state index contributed by atoms with van der Waals surface area (Å²) in [5.41, 5.74) is -1.11. The number of hydrogen-bond donors (Lipinski definition) is 3. The van der Waals surface area contributed by atoms with Crippen LogP contribution < -0.4 is 24.8 Å². The van der Waals surface area contributed by atoms with Crippen molar-refractivity contribution in [3.05, 3.63) is 42.5 Å². The Balaban J connectivity index is 1.11.